The van der Waals surface area contributed by atoms with Gasteiger partial charge in [0.15, 0.2) is 0 Å². The van der Waals surface area contributed by atoms with Gasteiger partial charge < -0.3 is 20.4 Å². The minimum absolute atomic E-state index is 0.00862. The van der Waals surface area contributed by atoms with E-state index in [0.717, 1.165) is 12.8 Å². The molecule has 1 aromatic carbocycles. The second kappa shape index (κ2) is 8.03. The van der Waals surface area contributed by atoms with Crippen molar-refractivity contribution in [3.63, 3.8) is 0 Å². The van der Waals surface area contributed by atoms with Crippen LogP contribution in [0.15, 0.2) is 27.5 Å². The highest BCUT2D eigenvalue weighted by Gasteiger charge is 2.37. The Morgan fingerprint density at radius 1 is 1.33 bits per heavy atom. The van der Waals surface area contributed by atoms with Crippen molar-refractivity contribution in [3.8, 4) is 0 Å². The first-order valence-electron chi connectivity index (χ1n) is 9.42. The summed E-state index contributed by atoms with van der Waals surface area (Å²) < 4.78 is 21.6. The van der Waals surface area contributed by atoms with Crippen molar-refractivity contribution < 1.29 is 18.7 Å². The van der Waals surface area contributed by atoms with E-state index in [4.69, 9.17) is 22.1 Å². The smallest absolute Gasteiger partial charge is 0.342 e. The lowest BCUT2D eigenvalue weighted by atomic mass is 9.98. The number of fused-ring (bicyclic) bond motifs is 1. The van der Waals surface area contributed by atoms with E-state index in [9.17, 15) is 18.8 Å². The molecule has 2 heterocycles. The topological polar surface area (TPSA) is 103 Å². The van der Waals surface area contributed by atoms with Crippen molar-refractivity contribution in [2.24, 2.45) is 11.7 Å². The fourth-order valence-electron chi connectivity index (χ4n) is 3.56. The van der Waals surface area contributed by atoms with Crippen molar-refractivity contribution in [3.05, 3.63) is 55.1 Å². The summed E-state index contributed by atoms with van der Waals surface area (Å²) in [6, 6.07) is 4.26. The molecule has 1 saturated carbocycles. The Balaban J connectivity index is 1.87. The number of nitrogens with two attached hydrogens (primary N) is 1. The number of ether oxygens (including phenoxy) is 1. The van der Waals surface area contributed by atoms with E-state index in [1.54, 1.807) is 6.07 Å². The maximum atomic E-state index is 14.4. The van der Waals surface area contributed by atoms with Gasteiger partial charge in [-0.25, -0.2) is 9.18 Å². The van der Waals surface area contributed by atoms with Crippen LogP contribution in [0.2, 0.25) is 5.02 Å². The number of halogens is 3. The second-order valence-electron chi connectivity index (χ2n) is 7.44. The predicted molar refractivity (Wildman–Crippen MR) is 113 cm³/mol. The van der Waals surface area contributed by atoms with Crippen LogP contribution in [0.5, 0.6) is 0 Å². The van der Waals surface area contributed by atoms with Gasteiger partial charge >= 0.3 is 5.97 Å². The third-order valence-electron chi connectivity index (χ3n) is 5.31. The van der Waals surface area contributed by atoms with Gasteiger partial charge in [-0.2, -0.15) is 0 Å². The average molecular weight is 499 g/mol. The number of hydrogen-bond donors (Lipinski definition) is 2. The number of benzene rings is 1. The molecule has 2 aromatic rings. The summed E-state index contributed by atoms with van der Waals surface area (Å²) in [5.74, 6) is -2.57. The van der Waals surface area contributed by atoms with Crippen LogP contribution in [-0.4, -0.2) is 23.1 Å². The molecule has 0 radical (unpaired) electrons. The van der Waals surface area contributed by atoms with Crippen LogP contribution in [0.3, 0.4) is 0 Å². The van der Waals surface area contributed by atoms with Gasteiger partial charge in [0.25, 0.3) is 5.56 Å². The minimum atomic E-state index is -0.853. The molecule has 30 heavy (non-hydrogen) atoms. The Labute approximate surface area is 184 Å². The van der Waals surface area contributed by atoms with Crippen LogP contribution in [0.4, 0.5) is 15.8 Å². The van der Waals surface area contributed by atoms with Crippen molar-refractivity contribution in [1.29, 1.82) is 0 Å². The average Bonchev–Trinajstić information content (AvgIpc) is 3.42. The first-order chi connectivity index (χ1) is 14.3. The summed E-state index contributed by atoms with van der Waals surface area (Å²) in [6.45, 7) is 0.416. The summed E-state index contributed by atoms with van der Waals surface area (Å²) in [5, 5.41) is 2.47. The van der Waals surface area contributed by atoms with Gasteiger partial charge in [-0.3, -0.25) is 9.59 Å². The number of amides is 1. The summed E-state index contributed by atoms with van der Waals surface area (Å²) in [4.78, 5) is 37.9. The fourth-order valence-corrected chi connectivity index (χ4v) is 4.14. The van der Waals surface area contributed by atoms with Crippen LogP contribution in [0, 0.1) is 11.7 Å². The monoisotopic (exact) mass is 497 g/mol. The number of nitrogens with one attached hydrogen (secondary N) is 1. The first-order valence-corrected chi connectivity index (χ1v) is 10.6. The van der Waals surface area contributed by atoms with Crippen LogP contribution < -0.4 is 16.6 Å². The molecule has 1 unspecified atom stereocenters. The number of anilines is 2. The van der Waals surface area contributed by atoms with Crippen LogP contribution in [0.25, 0.3) is 0 Å². The third-order valence-corrected chi connectivity index (χ3v) is 6.15. The summed E-state index contributed by atoms with van der Waals surface area (Å²) in [6.07, 6.45) is 2.21. The summed E-state index contributed by atoms with van der Waals surface area (Å²) in [7, 11) is 0. The molecule has 0 spiro atoms. The molecule has 1 aromatic heterocycles. The Morgan fingerprint density at radius 2 is 2.07 bits per heavy atom. The van der Waals surface area contributed by atoms with Gasteiger partial charge in [-0.1, -0.05) is 27.5 Å². The molecule has 0 saturated heterocycles. The molecule has 0 bridgehead atoms. The van der Waals surface area contributed by atoms with Crippen molar-refractivity contribution >= 4 is 50.8 Å². The number of rotatable bonds is 6. The lowest BCUT2D eigenvalue weighted by molar-refractivity contribution is -0.119. The molecule has 10 heteroatoms. The quantitative estimate of drug-likeness (QED) is 0.591. The maximum absolute atomic E-state index is 14.4. The standard InChI is InChI=1S/C20H18BrClFN3O4/c21-10-3-4-13(12(23)7-10)25-16-14(20(29)30-8-9-1-2-9)17-11(18(24)27)5-6-26(17)19(28)15(16)22/h3-4,7,9,11,25H,1-2,5-6,8H2,(H2,24,27). The highest BCUT2D eigenvalue weighted by atomic mass is 79.9. The van der Waals surface area contributed by atoms with Crippen LogP contribution in [-0.2, 0) is 16.1 Å². The van der Waals surface area contributed by atoms with Crippen molar-refractivity contribution in [2.45, 2.75) is 31.7 Å². The van der Waals surface area contributed by atoms with Gasteiger partial charge in [-0.05, 0) is 43.4 Å². The molecule has 1 aliphatic carbocycles. The van der Waals surface area contributed by atoms with E-state index < -0.39 is 29.2 Å². The molecule has 3 N–H and O–H groups in total. The number of nitrogens with zero attached hydrogens (tertiary/aromatic N) is 1. The lowest BCUT2D eigenvalue weighted by Gasteiger charge is -2.20. The van der Waals surface area contributed by atoms with Crippen LogP contribution in [0.1, 0.15) is 41.2 Å². The van der Waals surface area contributed by atoms with Crippen LogP contribution >= 0.6 is 27.5 Å². The zero-order chi connectivity index (χ0) is 21.6. The van der Waals surface area contributed by atoms with Gasteiger partial charge in [0.05, 0.1) is 29.6 Å². The normalized spacial score (nSPS) is 17.5. The molecule has 1 atom stereocenters. The van der Waals surface area contributed by atoms with E-state index >= 15 is 0 Å². The highest BCUT2D eigenvalue weighted by Crippen LogP contribution is 2.39. The Kier molecular flexibility index (Phi) is 5.59. The number of carbonyl (C=O) groups is 2. The van der Waals surface area contributed by atoms with E-state index in [1.165, 1.54) is 16.7 Å². The molecule has 2 aliphatic rings. The Hall–Kier alpha value is -2.39. The molecule has 1 fully saturated rings. The number of aromatic nitrogens is 1. The number of hydrogen-bond acceptors (Lipinski definition) is 5. The number of esters is 1. The van der Waals surface area contributed by atoms with Gasteiger partial charge in [0.2, 0.25) is 5.91 Å². The first kappa shape index (κ1) is 20.9. The number of pyridine rings is 1. The molecule has 7 nitrogen and oxygen atoms in total. The van der Waals surface area contributed by atoms with E-state index in [0.29, 0.717) is 10.4 Å². The van der Waals surface area contributed by atoms with E-state index in [-0.39, 0.29) is 47.2 Å². The molecular formula is C20H18BrClFN3O4. The third kappa shape index (κ3) is 3.83. The number of carbonyl (C=O) groups excluding carboxylic acids is 2. The Bertz CT molecular complexity index is 1120. The van der Waals surface area contributed by atoms with Gasteiger partial charge in [0, 0.05) is 11.0 Å². The molecular weight excluding hydrogens is 481 g/mol. The molecule has 4 rings (SSSR count). The Morgan fingerprint density at radius 3 is 2.70 bits per heavy atom. The van der Waals surface area contributed by atoms with Gasteiger partial charge in [0.1, 0.15) is 16.4 Å². The predicted octanol–water partition coefficient (Wildman–Crippen LogP) is 3.69. The SMILES string of the molecule is NC(=O)C1CCn2c1c(C(=O)OCC1CC1)c(Nc1ccc(Br)cc1F)c(Cl)c2=O. The maximum Gasteiger partial charge on any atom is 0.342 e. The zero-order valence-corrected chi connectivity index (χ0v) is 18.1. The minimum Gasteiger partial charge on any atom is -0.462 e. The van der Waals surface area contributed by atoms with E-state index in [1.807, 2.05) is 0 Å². The van der Waals surface area contributed by atoms with Gasteiger partial charge in [-0.15, -0.1) is 0 Å². The lowest BCUT2D eigenvalue weighted by Crippen LogP contribution is -2.29. The number of primary amides is 1. The van der Waals surface area contributed by atoms with Crippen molar-refractivity contribution in [2.75, 3.05) is 11.9 Å². The second-order valence-corrected chi connectivity index (χ2v) is 8.73. The van der Waals surface area contributed by atoms with Crippen molar-refractivity contribution in [1.82, 2.24) is 4.57 Å². The zero-order valence-electron chi connectivity index (χ0n) is 15.7. The highest BCUT2D eigenvalue weighted by molar-refractivity contribution is 9.10. The van der Waals surface area contributed by atoms with E-state index in [2.05, 4.69) is 21.2 Å². The molecule has 1 amide bonds. The fraction of sp³-hybridized carbons (Fsp3) is 0.350. The summed E-state index contributed by atoms with van der Waals surface area (Å²) in [5.41, 5.74) is 4.93. The summed E-state index contributed by atoms with van der Waals surface area (Å²) >= 11 is 9.49. The molecule has 1 aliphatic heterocycles. The largest absolute Gasteiger partial charge is 0.462 e. The molecule has 158 valence electrons.